The maximum absolute atomic E-state index is 11.9. The van der Waals surface area contributed by atoms with Crippen LogP contribution in [0.3, 0.4) is 0 Å². The number of carbonyl (C=O) groups excluding carboxylic acids is 1. The summed E-state index contributed by atoms with van der Waals surface area (Å²) in [7, 11) is 0. The average molecular weight is 212 g/mol. The first kappa shape index (κ1) is 10.6. The number of hydrogen-bond donors (Lipinski definition) is 2. The van der Waals surface area contributed by atoms with Crippen molar-refractivity contribution in [2.24, 2.45) is 16.7 Å². The summed E-state index contributed by atoms with van der Waals surface area (Å²) in [6.07, 6.45) is 0.264. The van der Waals surface area contributed by atoms with Crippen molar-refractivity contribution >= 4 is 11.8 Å². The molecule has 0 saturated heterocycles. The molecule has 0 radical (unpaired) electrons. The zero-order valence-electron chi connectivity index (χ0n) is 8.99. The van der Waals surface area contributed by atoms with Crippen LogP contribution >= 0.6 is 0 Å². The summed E-state index contributed by atoms with van der Waals surface area (Å²) in [6, 6.07) is 0. The molecule has 0 heterocycles. The van der Waals surface area contributed by atoms with Gasteiger partial charge in [0, 0.05) is 5.41 Å². The highest BCUT2D eigenvalue weighted by molar-refractivity contribution is 5.96. The Balaban J connectivity index is 2.44. The standard InChI is InChI=1S/C11H16O4/c1-10(2)6-3-4-11(10,5-7(12)13)9(15)8(6)14/h6,8,14H,3-5H2,1-2H3,(H,12,13). The van der Waals surface area contributed by atoms with Crippen LogP contribution in [0.2, 0.25) is 0 Å². The number of aliphatic hydroxyl groups is 1. The predicted molar refractivity (Wildman–Crippen MR) is 52.2 cm³/mol. The lowest BCUT2D eigenvalue weighted by Crippen LogP contribution is -2.39. The van der Waals surface area contributed by atoms with Crippen molar-refractivity contribution in [1.29, 1.82) is 0 Å². The molecule has 2 bridgehead atoms. The van der Waals surface area contributed by atoms with Gasteiger partial charge in [0.2, 0.25) is 0 Å². The van der Waals surface area contributed by atoms with Crippen molar-refractivity contribution in [3.8, 4) is 0 Å². The normalized spacial score (nSPS) is 42.2. The van der Waals surface area contributed by atoms with Gasteiger partial charge < -0.3 is 10.2 Å². The molecular weight excluding hydrogens is 196 g/mol. The first-order valence-corrected chi connectivity index (χ1v) is 5.27. The Hall–Kier alpha value is -0.900. The fourth-order valence-corrected chi connectivity index (χ4v) is 3.56. The molecule has 0 amide bonds. The van der Waals surface area contributed by atoms with Crippen molar-refractivity contribution in [2.45, 2.75) is 39.2 Å². The summed E-state index contributed by atoms with van der Waals surface area (Å²) in [5, 5.41) is 18.7. The van der Waals surface area contributed by atoms with Gasteiger partial charge >= 0.3 is 5.97 Å². The van der Waals surface area contributed by atoms with Crippen molar-refractivity contribution in [2.75, 3.05) is 0 Å². The van der Waals surface area contributed by atoms with Crippen LogP contribution < -0.4 is 0 Å². The topological polar surface area (TPSA) is 74.6 Å². The number of aliphatic hydroxyl groups excluding tert-OH is 1. The van der Waals surface area contributed by atoms with Crippen LogP contribution in [0.4, 0.5) is 0 Å². The Labute approximate surface area is 88.3 Å². The third kappa shape index (κ3) is 1.06. The van der Waals surface area contributed by atoms with E-state index in [4.69, 9.17) is 5.11 Å². The van der Waals surface area contributed by atoms with Crippen molar-refractivity contribution in [3.05, 3.63) is 0 Å². The lowest BCUT2D eigenvalue weighted by molar-refractivity contribution is -0.148. The third-order valence-electron chi connectivity index (χ3n) is 4.62. The Bertz CT molecular complexity index is 333. The van der Waals surface area contributed by atoms with E-state index in [1.165, 1.54) is 0 Å². The molecule has 0 aromatic heterocycles. The van der Waals surface area contributed by atoms with E-state index in [0.29, 0.717) is 6.42 Å². The van der Waals surface area contributed by atoms with Crippen LogP contribution in [0.15, 0.2) is 0 Å². The summed E-state index contributed by atoms with van der Waals surface area (Å²) >= 11 is 0. The van der Waals surface area contributed by atoms with E-state index < -0.39 is 17.5 Å². The summed E-state index contributed by atoms with van der Waals surface area (Å²) in [5.41, 5.74) is -1.22. The number of aliphatic carboxylic acids is 1. The van der Waals surface area contributed by atoms with Gasteiger partial charge in [-0.3, -0.25) is 9.59 Å². The molecule has 2 fully saturated rings. The van der Waals surface area contributed by atoms with Crippen LogP contribution in [-0.2, 0) is 9.59 Å². The van der Waals surface area contributed by atoms with Crippen LogP contribution in [0.1, 0.15) is 33.1 Å². The molecule has 2 rings (SSSR count). The second-order valence-electron chi connectivity index (χ2n) is 5.33. The van der Waals surface area contributed by atoms with Gasteiger partial charge in [0.25, 0.3) is 0 Å². The molecule has 4 heteroatoms. The molecule has 0 aromatic carbocycles. The van der Waals surface area contributed by atoms with E-state index in [9.17, 15) is 14.7 Å². The lowest BCUT2D eigenvalue weighted by atomic mass is 9.67. The molecule has 0 spiro atoms. The van der Waals surface area contributed by atoms with Crippen LogP contribution in [0, 0.1) is 16.7 Å². The molecule has 15 heavy (non-hydrogen) atoms. The number of Topliss-reactive ketones (excluding diaryl/α,β-unsaturated/α-hetero) is 1. The fourth-order valence-electron chi connectivity index (χ4n) is 3.56. The van der Waals surface area contributed by atoms with Crippen molar-refractivity contribution in [1.82, 2.24) is 0 Å². The Morgan fingerprint density at radius 2 is 2.13 bits per heavy atom. The van der Waals surface area contributed by atoms with Gasteiger partial charge in [-0.05, 0) is 24.2 Å². The van der Waals surface area contributed by atoms with Gasteiger partial charge in [0.1, 0.15) is 6.10 Å². The van der Waals surface area contributed by atoms with E-state index in [1.54, 1.807) is 0 Å². The second-order valence-corrected chi connectivity index (χ2v) is 5.33. The average Bonchev–Trinajstić information content (AvgIpc) is 2.41. The Morgan fingerprint density at radius 3 is 2.53 bits per heavy atom. The smallest absolute Gasteiger partial charge is 0.304 e. The molecule has 3 atom stereocenters. The molecule has 2 saturated carbocycles. The first-order chi connectivity index (χ1) is 6.83. The first-order valence-electron chi connectivity index (χ1n) is 5.27. The molecule has 2 aliphatic rings. The van der Waals surface area contributed by atoms with E-state index in [1.807, 2.05) is 13.8 Å². The Kier molecular flexibility index (Phi) is 1.99. The number of rotatable bonds is 2. The molecule has 2 aliphatic carbocycles. The number of carboxylic acids is 1. The van der Waals surface area contributed by atoms with Crippen LogP contribution in [0.25, 0.3) is 0 Å². The lowest BCUT2D eigenvalue weighted by Gasteiger charge is -2.34. The molecule has 0 aliphatic heterocycles. The maximum Gasteiger partial charge on any atom is 0.304 e. The minimum Gasteiger partial charge on any atom is -0.481 e. The molecule has 0 aromatic rings. The second kappa shape index (κ2) is 2.82. The Morgan fingerprint density at radius 1 is 1.53 bits per heavy atom. The summed E-state index contributed by atoms with van der Waals surface area (Å²) < 4.78 is 0. The molecule has 3 unspecified atom stereocenters. The van der Waals surface area contributed by atoms with Crippen molar-refractivity contribution < 1.29 is 19.8 Å². The highest BCUT2D eigenvalue weighted by Gasteiger charge is 2.68. The minimum atomic E-state index is -0.953. The highest BCUT2D eigenvalue weighted by atomic mass is 16.4. The number of hydrogen-bond acceptors (Lipinski definition) is 3. The van der Waals surface area contributed by atoms with Crippen molar-refractivity contribution in [3.63, 3.8) is 0 Å². The minimum absolute atomic E-state index is 0.0654. The van der Waals surface area contributed by atoms with Gasteiger partial charge in [-0.2, -0.15) is 0 Å². The third-order valence-corrected chi connectivity index (χ3v) is 4.62. The van der Waals surface area contributed by atoms with Gasteiger partial charge in [0.05, 0.1) is 6.42 Å². The van der Waals surface area contributed by atoms with Gasteiger partial charge in [0.15, 0.2) is 5.78 Å². The van der Waals surface area contributed by atoms with E-state index in [0.717, 1.165) is 6.42 Å². The highest BCUT2D eigenvalue weighted by Crippen LogP contribution is 2.65. The predicted octanol–water partition coefficient (Wildman–Crippen LogP) is 0.827. The van der Waals surface area contributed by atoms with E-state index >= 15 is 0 Å². The summed E-state index contributed by atoms with van der Waals surface area (Å²) in [6.45, 7) is 3.81. The fraction of sp³-hybridized carbons (Fsp3) is 0.818. The monoisotopic (exact) mass is 212 g/mol. The zero-order chi connectivity index (χ0) is 11.4. The summed E-state index contributed by atoms with van der Waals surface area (Å²) in [4.78, 5) is 22.8. The molecule has 2 N–H and O–H groups in total. The number of carboxylic acid groups (broad SMARTS) is 1. The quantitative estimate of drug-likeness (QED) is 0.710. The van der Waals surface area contributed by atoms with Gasteiger partial charge in [-0.15, -0.1) is 0 Å². The molecule has 4 nitrogen and oxygen atoms in total. The number of carbonyl (C=O) groups is 2. The van der Waals surface area contributed by atoms with Gasteiger partial charge in [-0.25, -0.2) is 0 Å². The SMILES string of the molecule is CC1(C)C2CCC1(CC(=O)O)C(=O)C2O. The largest absolute Gasteiger partial charge is 0.481 e. The van der Waals surface area contributed by atoms with E-state index in [2.05, 4.69) is 0 Å². The van der Waals surface area contributed by atoms with E-state index in [-0.39, 0.29) is 23.5 Å². The number of fused-ring (bicyclic) bond motifs is 2. The van der Waals surface area contributed by atoms with Crippen LogP contribution in [-0.4, -0.2) is 28.1 Å². The van der Waals surface area contributed by atoms with Crippen LogP contribution in [0.5, 0.6) is 0 Å². The van der Waals surface area contributed by atoms with Gasteiger partial charge in [-0.1, -0.05) is 13.8 Å². The molecular formula is C11H16O4. The number of ketones is 1. The molecule has 84 valence electrons. The maximum atomic E-state index is 11.9. The summed E-state index contributed by atoms with van der Waals surface area (Å²) in [5.74, 6) is -1.28. The zero-order valence-corrected chi connectivity index (χ0v) is 8.99.